The van der Waals surface area contributed by atoms with E-state index in [0.29, 0.717) is 31.7 Å². The molecular weight excluding hydrogens is 260 g/mol. The van der Waals surface area contributed by atoms with Gasteiger partial charge in [-0.3, -0.25) is 0 Å². The Kier molecular flexibility index (Phi) is 5.31. The van der Waals surface area contributed by atoms with Crippen LogP contribution in [0.1, 0.15) is 19.8 Å². The number of aliphatic hydroxyl groups excluding tert-OH is 1. The van der Waals surface area contributed by atoms with Crippen LogP contribution in [0.5, 0.6) is 0 Å². The Hall–Kier alpha value is -1.67. The monoisotopic (exact) mass is 282 g/mol. The van der Waals surface area contributed by atoms with Gasteiger partial charge < -0.3 is 25.8 Å². The van der Waals surface area contributed by atoms with Crippen LogP contribution in [-0.2, 0) is 4.74 Å². The number of nitrogen functional groups attached to an aromatic ring is 1. The number of rotatable bonds is 6. The van der Waals surface area contributed by atoms with Gasteiger partial charge in [-0.2, -0.15) is 15.0 Å². The maximum Gasteiger partial charge on any atom is 0.232 e. The number of morpholine rings is 1. The molecule has 0 radical (unpaired) electrons. The second-order valence-electron chi connectivity index (χ2n) is 4.74. The van der Waals surface area contributed by atoms with Crippen molar-refractivity contribution in [2.24, 2.45) is 0 Å². The molecule has 1 aliphatic heterocycles. The molecule has 8 nitrogen and oxygen atoms in total. The summed E-state index contributed by atoms with van der Waals surface area (Å²) in [4.78, 5) is 14.5. The summed E-state index contributed by atoms with van der Waals surface area (Å²) in [6.45, 7) is 5.22. The fourth-order valence-electron chi connectivity index (χ4n) is 2.01. The number of ether oxygens (including phenoxy) is 1. The maximum atomic E-state index is 9.71. The van der Waals surface area contributed by atoms with Crippen molar-refractivity contribution in [1.29, 1.82) is 0 Å². The molecule has 1 unspecified atom stereocenters. The van der Waals surface area contributed by atoms with E-state index in [2.05, 4.69) is 20.3 Å². The van der Waals surface area contributed by atoms with Crippen LogP contribution >= 0.6 is 0 Å². The Morgan fingerprint density at radius 2 is 2.10 bits per heavy atom. The third kappa shape index (κ3) is 4.17. The maximum absolute atomic E-state index is 9.71. The second kappa shape index (κ2) is 7.20. The van der Waals surface area contributed by atoms with Crippen molar-refractivity contribution in [1.82, 2.24) is 15.0 Å². The SMILES string of the molecule is CCCC(O)CNc1nc(N)nc(N2CCOCC2)n1. The highest BCUT2D eigenvalue weighted by atomic mass is 16.5. The van der Waals surface area contributed by atoms with Crippen molar-refractivity contribution >= 4 is 17.8 Å². The number of nitrogens with two attached hydrogens (primary N) is 1. The molecule has 0 aliphatic carbocycles. The molecule has 0 aromatic carbocycles. The standard InChI is InChI=1S/C12H22N6O2/c1-2-3-9(19)8-14-11-15-10(13)16-12(17-11)18-4-6-20-7-5-18/h9,19H,2-8H2,1H3,(H3,13,14,15,16,17). The summed E-state index contributed by atoms with van der Waals surface area (Å²) >= 11 is 0. The minimum absolute atomic E-state index is 0.175. The second-order valence-corrected chi connectivity index (χ2v) is 4.74. The van der Waals surface area contributed by atoms with E-state index in [4.69, 9.17) is 10.5 Å². The highest BCUT2D eigenvalue weighted by Gasteiger charge is 2.16. The van der Waals surface area contributed by atoms with E-state index in [1.165, 1.54) is 0 Å². The van der Waals surface area contributed by atoms with E-state index >= 15 is 0 Å². The average molecular weight is 282 g/mol. The summed E-state index contributed by atoms with van der Waals surface area (Å²) in [5.74, 6) is 1.12. The van der Waals surface area contributed by atoms with Crippen LogP contribution in [0.4, 0.5) is 17.8 Å². The lowest BCUT2D eigenvalue weighted by Gasteiger charge is -2.26. The Morgan fingerprint density at radius 1 is 1.35 bits per heavy atom. The molecule has 0 amide bonds. The normalized spacial score (nSPS) is 17.0. The highest BCUT2D eigenvalue weighted by Crippen LogP contribution is 2.13. The van der Waals surface area contributed by atoms with Gasteiger partial charge in [-0.25, -0.2) is 0 Å². The zero-order valence-corrected chi connectivity index (χ0v) is 11.7. The van der Waals surface area contributed by atoms with Crippen LogP contribution in [0.2, 0.25) is 0 Å². The van der Waals surface area contributed by atoms with E-state index in [1.807, 2.05) is 11.8 Å². The number of nitrogens with one attached hydrogen (secondary N) is 1. The molecule has 2 heterocycles. The summed E-state index contributed by atoms with van der Waals surface area (Å²) in [6, 6.07) is 0. The number of anilines is 3. The number of hydrogen-bond donors (Lipinski definition) is 3. The third-order valence-corrected chi connectivity index (χ3v) is 3.05. The summed E-state index contributed by atoms with van der Waals surface area (Å²) in [5.41, 5.74) is 5.71. The molecule has 1 fully saturated rings. The van der Waals surface area contributed by atoms with E-state index < -0.39 is 6.10 Å². The molecule has 112 valence electrons. The van der Waals surface area contributed by atoms with E-state index in [0.717, 1.165) is 25.9 Å². The van der Waals surface area contributed by atoms with Crippen LogP contribution in [0.25, 0.3) is 0 Å². The lowest BCUT2D eigenvalue weighted by molar-refractivity contribution is 0.122. The van der Waals surface area contributed by atoms with Crippen molar-refractivity contribution in [3.05, 3.63) is 0 Å². The minimum atomic E-state index is -0.412. The molecule has 4 N–H and O–H groups in total. The zero-order chi connectivity index (χ0) is 14.4. The van der Waals surface area contributed by atoms with Gasteiger partial charge in [-0.05, 0) is 6.42 Å². The molecule has 1 saturated heterocycles. The molecule has 2 rings (SSSR count). The van der Waals surface area contributed by atoms with Gasteiger partial charge in [0.15, 0.2) is 0 Å². The van der Waals surface area contributed by atoms with Gasteiger partial charge in [0.1, 0.15) is 0 Å². The molecule has 8 heteroatoms. The molecule has 0 saturated carbocycles. The lowest BCUT2D eigenvalue weighted by Crippen LogP contribution is -2.37. The molecule has 20 heavy (non-hydrogen) atoms. The number of aromatic nitrogens is 3. The molecular formula is C12H22N6O2. The first-order valence-corrected chi connectivity index (χ1v) is 6.95. The molecule has 1 aromatic heterocycles. The van der Waals surface area contributed by atoms with Crippen molar-refractivity contribution in [2.45, 2.75) is 25.9 Å². The fourth-order valence-corrected chi connectivity index (χ4v) is 2.01. The molecule has 0 bridgehead atoms. The minimum Gasteiger partial charge on any atom is -0.391 e. The highest BCUT2D eigenvalue weighted by molar-refractivity contribution is 5.42. The Morgan fingerprint density at radius 3 is 2.80 bits per heavy atom. The first-order valence-electron chi connectivity index (χ1n) is 6.95. The fraction of sp³-hybridized carbons (Fsp3) is 0.750. The summed E-state index contributed by atoms with van der Waals surface area (Å²) < 4.78 is 5.29. The van der Waals surface area contributed by atoms with Gasteiger partial charge in [-0.15, -0.1) is 0 Å². The van der Waals surface area contributed by atoms with Crippen LogP contribution in [0.15, 0.2) is 0 Å². The lowest BCUT2D eigenvalue weighted by atomic mass is 10.2. The Bertz CT molecular complexity index is 424. The van der Waals surface area contributed by atoms with Crippen molar-refractivity contribution in [3.63, 3.8) is 0 Å². The third-order valence-electron chi connectivity index (χ3n) is 3.05. The average Bonchev–Trinajstić information content (AvgIpc) is 2.46. The van der Waals surface area contributed by atoms with Gasteiger partial charge in [0.05, 0.1) is 19.3 Å². The van der Waals surface area contributed by atoms with E-state index in [9.17, 15) is 5.11 Å². The van der Waals surface area contributed by atoms with Crippen molar-refractivity contribution < 1.29 is 9.84 Å². The summed E-state index contributed by atoms with van der Waals surface area (Å²) in [6.07, 6.45) is 1.26. The summed E-state index contributed by atoms with van der Waals surface area (Å²) in [5, 5.41) is 12.7. The van der Waals surface area contributed by atoms with Crippen LogP contribution in [-0.4, -0.2) is 59.0 Å². The van der Waals surface area contributed by atoms with Gasteiger partial charge in [-0.1, -0.05) is 13.3 Å². The number of aliphatic hydroxyl groups is 1. The first kappa shape index (κ1) is 14.7. The van der Waals surface area contributed by atoms with Gasteiger partial charge in [0.2, 0.25) is 17.8 Å². The number of hydrogen-bond acceptors (Lipinski definition) is 8. The quantitative estimate of drug-likeness (QED) is 0.661. The summed E-state index contributed by atoms with van der Waals surface area (Å²) in [7, 11) is 0. The topological polar surface area (TPSA) is 109 Å². The van der Waals surface area contributed by atoms with Crippen LogP contribution < -0.4 is 16.0 Å². The van der Waals surface area contributed by atoms with Crippen molar-refractivity contribution in [2.75, 3.05) is 48.8 Å². The molecule has 0 spiro atoms. The largest absolute Gasteiger partial charge is 0.391 e. The predicted octanol–water partition coefficient (Wildman–Crippen LogP) is -0.137. The Labute approximate surface area is 118 Å². The predicted molar refractivity (Wildman–Crippen MR) is 76.7 cm³/mol. The molecule has 1 aromatic rings. The smallest absolute Gasteiger partial charge is 0.232 e. The van der Waals surface area contributed by atoms with Gasteiger partial charge in [0.25, 0.3) is 0 Å². The first-order chi connectivity index (χ1) is 9.69. The van der Waals surface area contributed by atoms with E-state index in [-0.39, 0.29) is 5.95 Å². The van der Waals surface area contributed by atoms with E-state index in [1.54, 1.807) is 0 Å². The molecule has 1 atom stereocenters. The molecule has 1 aliphatic rings. The van der Waals surface area contributed by atoms with Crippen LogP contribution in [0.3, 0.4) is 0 Å². The van der Waals surface area contributed by atoms with Gasteiger partial charge >= 0.3 is 0 Å². The van der Waals surface area contributed by atoms with Gasteiger partial charge in [0, 0.05) is 19.6 Å². The Balaban J connectivity index is 2.00. The van der Waals surface area contributed by atoms with Crippen LogP contribution in [0, 0.1) is 0 Å². The van der Waals surface area contributed by atoms with Crippen molar-refractivity contribution in [3.8, 4) is 0 Å². The zero-order valence-electron chi connectivity index (χ0n) is 11.7. The number of nitrogens with zero attached hydrogens (tertiary/aromatic N) is 4.